The number of carbonyl (C=O) groups is 8. The Kier molecular flexibility index (Phi) is 16.3. The maximum Gasteiger partial charge on any atom is 0.353 e. The van der Waals surface area contributed by atoms with Gasteiger partial charge in [-0.25, -0.2) is 19.2 Å². The van der Waals surface area contributed by atoms with E-state index in [1.807, 2.05) is 12.1 Å². The molecule has 1 saturated carbocycles. The number of anilines is 2. The number of ether oxygens (including phenoxy) is 4. The lowest BCUT2D eigenvalue weighted by Gasteiger charge is -2.64. The van der Waals surface area contributed by atoms with E-state index in [4.69, 9.17) is 18.9 Å². The van der Waals surface area contributed by atoms with Gasteiger partial charge in [-0.2, -0.15) is 0 Å². The standard InChI is InChI=1S/C60H48N4O14S2/c1-75-45-33-39(21-27-43(45)77-55(69)47-15-9-29-79-47)51-59(57(71)72,63-53(67)37-17-23-41(24-18-37)61-49(65)31-35-11-5-3-6-12-35)52(40-22-28-44(46(34-40)76-2)78-56(70)48-16-10-30-80-48)60(51,58(73)74)64-54(68)38-19-25-42(26-20-38)62-50(66)32-36-13-7-4-8-14-36/h3-30,33-34,51-52H,31-32H2,1-2H3,(H,61,65)(H,62,66)(H,63,67)(H,64,68)(H,71,72)(H,73,74). The molecule has 0 bridgehead atoms. The van der Waals surface area contributed by atoms with Crippen molar-refractivity contribution in [2.24, 2.45) is 0 Å². The molecule has 20 heteroatoms. The third kappa shape index (κ3) is 11.4. The normalized spacial score (nSPS) is 17.1. The molecule has 1 fully saturated rings. The van der Waals surface area contributed by atoms with E-state index >= 15 is 0 Å². The van der Waals surface area contributed by atoms with E-state index in [0.29, 0.717) is 11.4 Å². The molecule has 0 atom stereocenters. The third-order valence-electron chi connectivity index (χ3n) is 13.3. The van der Waals surface area contributed by atoms with Gasteiger partial charge in [-0.15, -0.1) is 22.7 Å². The molecule has 1 aliphatic rings. The van der Waals surface area contributed by atoms with E-state index in [9.17, 15) is 48.6 Å². The fourth-order valence-electron chi connectivity index (χ4n) is 9.79. The minimum Gasteiger partial charge on any atom is -0.493 e. The van der Waals surface area contributed by atoms with Gasteiger partial charge in [-0.3, -0.25) is 19.2 Å². The molecule has 0 spiro atoms. The average molecular weight is 1110 g/mol. The summed E-state index contributed by atoms with van der Waals surface area (Å²) in [5.41, 5.74) is -3.81. The number of esters is 2. The van der Waals surface area contributed by atoms with Crippen molar-refractivity contribution >= 4 is 81.6 Å². The Morgan fingerprint density at radius 1 is 0.463 bits per heavy atom. The first-order valence-corrected chi connectivity index (χ1v) is 26.3. The summed E-state index contributed by atoms with van der Waals surface area (Å²) >= 11 is 2.22. The Morgan fingerprint density at radius 2 is 0.838 bits per heavy atom. The molecule has 0 unspecified atom stereocenters. The molecule has 0 aliphatic heterocycles. The summed E-state index contributed by atoms with van der Waals surface area (Å²) in [5.74, 6) is -12.2. The molecule has 8 aromatic rings. The van der Waals surface area contributed by atoms with Crippen LogP contribution < -0.4 is 40.2 Å². The van der Waals surface area contributed by atoms with E-state index in [1.54, 1.807) is 71.4 Å². The van der Waals surface area contributed by atoms with E-state index < -0.39 is 58.6 Å². The predicted octanol–water partition coefficient (Wildman–Crippen LogP) is 9.02. The van der Waals surface area contributed by atoms with Crippen LogP contribution in [0.5, 0.6) is 23.0 Å². The first-order chi connectivity index (χ1) is 38.6. The number of benzene rings is 6. The van der Waals surface area contributed by atoms with Gasteiger partial charge in [-0.1, -0.05) is 84.9 Å². The largest absolute Gasteiger partial charge is 0.493 e. The molecular formula is C60H48N4O14S2. The van der Waals surface area contributed by atoms with Crippen LogP contribution in [-0.2, 0) is 32.0 Å². The van der Waals surface area contributed by atoms with Crippen molar-refractivity contribution in [2.45, 2.75) is 35.8 Å². The predicted molar refractivity (Wildman–Crippen MR) is 296 cm³/mol. The number of hydrogen-bond acceptors (Lipinski definition) is 14. The lowest BCUT2D eigenvalue weighted by atomic mass is 9.43. The van der Waals surface area contributed by atoms with Crippen LogP contribution >= 0.6 is 22.7 Å². The van der Waals surface area contributed by atoms with E-state index in [-0.39, 0.29) is 79.7 Å². The molecule has 0 radical (unpaired) electrons. The number of carboxylic acids is 2. The van der Waals surface area contributed by atoms with Gasteiger partial charge in [0, 0.05) is 22.5 Å². The zero-order valence-corrected chi connectivity index (χ0v) is 44.1. The lowest BCUT2D eigenvalue weighted by Crippen LogP contribution is -2.86. The number of aliphatic carboxylic acids is 2. The molecule has 9 rings (SSSR count). The van der Waals surface area contributed by atoms with Gasteiger partial charge in [-0.05, 0) is 118 Å². The Labute approximate surface area is 464 Å². The highest BCUT2D eigenvalue weighted by Gasteiger charge is 2.80. The summed E-state index contributed by atoms with van der Waals surface area (Å²) in [4.78, 5) is 112. The van der Waals surface area contributed by atoms with Crippen LogP contribution in [0.15, 0.2) is 181 Å². The Bertz CT molecular complexity index is 3370. The fourth-order valence-corrected chi connectivity index (χ4v) is 11.0. The number of amides is 4. The number of thiophene rings is 2. The summed E-state index contributed by atoms with van der Waals surface area (Å²) in [5, 5.41) is 38.0. The fraction of sp³-hybridized carbons (Fsp3) is 0.133. The number of rotatable bonds is 20. The molecule has 0 saturated heterocycles. The summed E-state index contributed by atoms with van der Waals surface area (Å²) in [7, 11) is 2.48. The molecular weight excluding hydrogens is 1060 g/mol. The molecule has 404 valence electrons. The summed E-state index contributed by atoms with van der Waals surface area (Å²) in [6, 6.07) is 43.1. The van der Waals surface area contributed by atoms with Gasteiger partial charge in [0.25, 0.3) is 11.8 Å². The Balaban J connectivity index is 1.15. The summed E-state index contributed by atoms with van der Waals surface area (Å²) in [6.45, 7) is 0. The van der Waals surface area contributed by atoms with Crippen molar-refractivity contribution in [3.05, 3.63) is 224 Å². The second-order valence-corrected chi connectivity index (χ2v) is 20.1. The van der Waals surface area contributed by atoms with Crippen LogP contribution in [0.25, 0.3) is 0 Å². The molecule has 2 heterocycles. The van der Waals surface area contributed by atoms with Gasteiger partial charge >= 0.3 is 23.9 Å². The van der Waals surface area contributed by atoms with Gasteiger partial charge < -0.3 is 50.4 Å². The number of carboxylic acid groups (broad SMARTS) is 2. The maximum atomic E-state index is 14.9. The lowest BCUT2D eigenvalue weighted by molar-refractivity contribution is -0.171. The van der Waals surface area contributed by atoms with E-state index in [1.165, 1.54) is 111 Å². The highest BCUT2D eigenvalue weighted by molar-refractivity contribution is 7.12. The zero-order chi connectivity index (χ0) is 56.6. The second kappa shape index (κ2) is 23.8. The van der Waals surface area contributed by atoms with Crippen molar-refractivity contribution in [3.8, 4) is 23.0 Å². The van der Waals surface area contributed by atoms with Crippen LogP contribution in [0.1, 0.15) is 74.1 Å². The van der Waals surface area contributed by atoms with Crippen LogP contribution in [0.4, 0.5) is 11.4 Å². The van der Waals surface area contributed by atoms with Crippen LogP contribution in [0.3, 0.4) is 0 Å². The first-order valence-electron chi connectivity index (χ1n) is 24.5. The van der Waals surface area contributed by atoms with Crippen LogP contribution in [-0.4, -0.2) is 83.0 Å². The highest BCUT2D eigenvalue weighted by Crippen LogP contribution is 2.64. The monoisotopic (exact) mass is 1110 g/mol. The molecule has 80 heavy (non-hydrogen) atoms. The number of hydrogen-bond donors (Lipinski definition) is 6. The minimum absolute atomic E-state index is 0.0548. The Hall–Kier alpha value is -9.92. The molecule has 2 aromatic heterocycles. The second-order valence-electron chi connectivity index (χ2n) is 18.3. The molecule has 1 aliphatic carbocycles. The number of nitrogens with one attached hydrogen (secondary N) is 4. The summed E-state index contributed by atoms with van der Waals surface area (Å²) in [6.07, 6.45) is 0.110. The zero-order valence-electron chi connectivity index (χ0n) is 42.5. The third-order valence-corrected chi connectivity index (χ3v) is 15.0. The van der Waals surface area contributed by atoms with E-state index in [0.717, 1.165) is 33.8 Å². The van der Waals surface area contributed by atoms with Crippen LogP contribution in [0, 0.1) is 0 Å². The van der Waals surface area contributed by atoms with Crippen molar-refractivity contribution in [2.75, 3.05) is 24.9 Å². The molecule has 18 nitrogen and oxygen atoms in total. The topological polar surface area (TPSA) is 262 Å². The van der Waals surface area contributed by atoms with Gasteiger partial charge in [0.2, 0.25) is 11.8 Å². The van der Waals surface area contributed by atoms with Crippen LogP contribution in [0.2, 0.25) is 0 Å². The van der Waals surface area contributed by atoms with Crippen molar-refractivity contribution < 1.29 is 67.5 Å². The number of carbonyl (C=O) groups excluding carboxylic acids is 6. The minimum atomic E-state index is -2.74. The maximum absolute atomic E-state index is 14.9. The van der Waals surface area contributed by atoms with Gasteiger partial charge in [0.15, 0.2) is 34.1 Å². The van der Waals surface area contributed by atoms with Crippen molar-refractivity contribution in [1.29, 1.82) is 0 Å². The van der Waals surface area contributed by atoms with Gasteiger partial charge in [0.1, 0.15) is 9.75 Å². The van der Waals surface area contributed by atoms with E-state index in [2.05, 4.69) is 21.3 Å². The SMILES string of the molecule is COc1cc(C2C(NC(=O)c3ccc(NC(=O)Cc4ccccc4)cc3)(C(=O)O)C(c3ccc(OC(=O)c4cccs4)c(OC)c3)C2(NC(=O)c2ccc(NC(=O)Cc3ccccc3)cc2)C(=O)O)ccc1OC(=O)c1cccs1. The first kappa shape index (κ1) is 54.9. The highest BCUT2D eigenvalue weighted by atomic mass is 32.1. The smallest absolute Gasteiger partial charge is 0.353 e. The molecule has 4 amide bonds. The quantitative estimate of drug-likeness (QED) is 0.0307. The Morgan fingerprint density at radius 3 is 1.16 bits per heavy atom. The average Bonchev–Trinajstić information content (AvgIpc) is 4.32. The molecule has 6 aromatic carbocycles. The summed E-state index contributed by atoms with van der Waals surface area (Å²) < 4.78 is 22.7. The van der Waals surface area contributed by atoms with Gasteiger partial charge in [0.05, 0.1) is 38.9 Å². The van der Waals surface area contributed by atoms with Crippen molar-refractivity contribution in [1.82, 2.24) is 10.6 Å². The van der Waals surface area contributed by atoms with Crippen molar-refractivity contribution in [3.63, 3.8) is 0 Å². The molecule has 6 N–H and O–H groups in total. The number of methoxy groups -OCH3 is 2.